The van der Waals surface area contributed by atoms with Crippen LogP contribution in [0.25, 0.3) is 0 Å². The number of benzene rings is 1. The van der Waals surface area contributed by atoms with Gasteiger partial charge in [-0.2, -0.15) is 0 Å². The number of carbonyl (C=O) groups excluding carboxylic acids is 1. The minimum absolute atomic E-state index is 0.132. The Hall–Kier alpha value is -1.42. The van der Waals surface area contributed by atoms with Crippen LogP contribution < -0.4 is 4.90 Å². The summed E-state index contributed by atoms with van der Waals surface area (Å²) < 4.78 is 14.0. The Morgan fingerprint density at radius 2 is 2.33 bits per heavy atom. The molecule has 4 heteroatoms. The number of nitrogens with zero attached hydrogens (tertiary/aromatic N) is 1. The van der Waals surface area contributed by atoms with E-state index in [1.54, 1.807) is 12.1 Å². The highest BCUT2D eigenvalue weighted by atomic mass is 19.1. The number of rotatable bonds is 3. The van der Waals surface area contributed by atoms with E-state index in [4.69, 9.17) is 0 Å². The molecular formula is C14H18FNO2. The maximum absolute atomic E-state index is 14.0. The molecule has 1 aromatic carbocycles. The molecule has 0 aliphatic carbocycles. The van der Waals surface area contributed by atoms with Gasteiger partial charge >= 0.3 is 0 Å². The van der Waals surface area contributed by atoms with Gasteiger partial charge in [0.1, 0.15) is 5.82 Å². The van der Waals surface area contributed by atoms with Crippen LogP contribution >= 0.6 is 0 Å². The summed E-state index contributed by atoms with van der Waals surface area (Å²) in [5.41, 5.74) is 0.921. The van der Waals surface area contributed by atoms with Gasteiger partial charge in [-0.1, -0.05) is 0 Å². The van der Waals surface area contributed by atoms with Gasteiger partial charge in [0.25, 0.3) is 0 Å². The zero-order chi connectivity index (χ0) is 13.1. The molecule has 2 rings (SSSR count). The lowest BCUT2D eigenvalue weighted by molar-refractivity contribution is 0.101. The Balaban J connectivity index is 2.20. The number of hydrogen-bond donors (Lipinski definition) is 1. The number of hydrogen-bond acceptors (Lipinski definition) is 3. The van der Waals surface area contributed by atoms with Gasteiger partial charge in [-0.25, -0.2) is 4.39 Å². The molecule has 0 amide bonds. The SMILES string of the molecule is CC(=O)c1ccc(N2CCCC(CO)C2)c(F)c1. The van der Waals surface area contributed by atoms with Crippen molar-refractivity contribution >= 4 is 11.5 Å². The Bertz CT molecular complexity index is 447. The van der Waals surface area contributed by atoms with E-state index >= 15 is 0 Å². The predicted octanol–water partition coefficient (Wildman–Crippen LogP) is 2.24. The van der Waals surface area contributed by atoms with Crippen molar-refractivity contribution in [2.75, 3.05) is 24.6 Å². The molecule has 1 aromatic rings. The number of piperidine rings is 1. The second kappa shape index (κ2) is 5.48. The first-order valence-electron chi connectivity index (χ1n) is 6.28. The molecule has 0 saturated carbocycles. The van der Waals surface area contributed by atoms with Crippen LogP contribution in [0, 0.1) is 11.7 Å². The maximum atomic E-state index is 14.0. The van der Waals surface area contributed by atoms with Gasteiger partial charge in [0, 0.05) is 25.3 Å². The second-order valence-corrected chi connectivity index (χ2v) is 4.86. The summed E-state index contributed by atoms with van der Waals surface area (Å²) in [5, 5.41) is 9.18. The molecule has 1 saturated heterocycles. The van der Waals surface area contributed by atoms with E-state index in [1.807, 2.05) is 4.90 Å². The van der Waals surface area contributed by atoms with E-state index in [9.17, 15) is 14.3 Å². The minimum Gasteiger partial charge on any atom is -0.396 e. The summed E-state index contributed by atoms with van der Waals surface area (Å²) >= 11 is 0. The van der Waals surface area contributed by atoms with Gasteiger partial charge in [-0.15, -0.1) is 0 Å². The molecule has 0 bridgehead atoms. The smallest absolute Gasteiger partial charge is 0.159 e. The first-order valence-corrected chi connectivity index (χ1v) is 6.28. The van der Waals surface area contributed by atoms with Crippen molar-refractivity contribution in [1.82, 2.24) is 0 Å². The van der Waals surface area contributed by atoms with Gasteiger partial charge in [0.15, 0.2) is 5.78 Å². The average molecular weight is 251 g/mol. The molecule has 18 heavy (non-hydrogen) atoms. The molecule has 1 N–H and O–H groups in total. The first-order chi connectivity index (χ1) is 8.61. The quantitative estimate of drug-likeness (QED) is 0.837. The van der Waals surface area contributed by atoms with Gasteiger partial charge in [-0.3, -0.25) is 4.79 Å². The molecule has 98 valence electrons. The second-order valence-electron chi connectivity index (χ2n) is 4.86. The van der Waals surface area contributed by atoms with Crippen LogP contribution in [0.4, 0.5) is 10.1 Å². The standard InChI is InChI=1S/C14H18FNO2/c1-10(18)12-4-5-14(13(15)7-12)16-6-2-3-11(8-16)9-17/h4-5,7,11,17H,2-3,6,8-9H2,1H3. The number of aliphatic hydroxyl groups excluding tert-OH is 1. The summed E-state index contributed by atoms with van der Waals surface area (Å²) in [7, 11) is 0. The van der Waals surface area contributed by atoms with Crippen LogP contribution in [0.1, 0.15) is 30.1 Å². The van der Waals surface area contributed by atoms with E-state index in [-0.39, 0.29) is 24.1 Å². The largest absolute Gasteiger partial charge is 0.396 e. The van der Waals surface area contributed by atoms with Gasteiger partial charge in [0.05, 0.1) is 5.69 Å². The van der Waals surface area contributed by atoms with E-state index in [0.717, 1.165) is 19.4 Å². The van der Waals surface area contributed by atoms with Crippen molar-refractivity contribution in [2.45, 2.75) is 19.8 Å². The van der Waals surface area contributed by atoms with Gasteiger partial charge in [-0.05, 0) is 43.9 Å². The molecule has 0 spiro atoms. The van der Waals surface area contributed by atoms with Crippen molar-refractivity contribution in [1.29, 1.82) is 0 Å². The highest BCUT2D eigenvalue weighted by Crippen LogP contribution is 2.26. The lowest BCUT2D eigenvalue weighted by Gasteiger charge is -2.33. The topological polar surface area (TPSA) is 40.5 Å². The number of anilines is 1. The van der Waals surface area contributed by atoms with Crippen molar-refractivity contribution in [3.8, 4) is 0 Å². The number of halogens is 1. The first kappa shape index (κ1) is 13.0. The Labute approximate surface area is 106 Å². The molecule has 1 unspecified atom stereocenters. The highest BCUT2D eigenvalue weighted by molar-refractivity contribution is 5.94. The van der Waals surface area contributed by atoms with E-state index in [2.05, 4.69) is 0 Å². The zero-order valence-corrected chi connectivity index (χ0v) is 10.5. The van der Waals surface area contributed by atoms with E-state index in [1.165, 1.54) is 13.0 Å². The molecule has 1 fully saturated rings. The molecule has 1 heterocycles. The van der Waals surface area contributed by atoms with Crippen LogP contribution in [0.5, 0.6) is 0 Å². The van der Waals surface area contributed by atoms with Crippen molar-refractivity contribution in [3.05, 3.63) is 29.6 Å². The summed E-state index contributed by atoms with van der Waals surface area (Å²) in [4.78, 5) is 13.1. The highest BCUT2D eigenvalue weighted by Gasteiger charge is 2.21. The fraction of sp³-hybridized carbons (Fsp3) is 0.500. The van der Waals surface area contributed by atoms with E-state index < -0.39 is 0 Å². The van der Waals surface area contributed by atoms with Crippen molar-refractivity contribution in [3.63, 3.8) is 0 Å². The molecule has 1 atom stereocenters. The normalized spacial score (nSPS) is 19.9. The minimum atomic E-state index is -0.360. The Morgan fingerprint density at radius 3 is 2.94 bits per heavy atom. The lowest BCUT2D eigenvalue weighted by Crippen LogP contribution is -2.37. The van der Waals surface area contributed by atoms with Crippen LogP contribution in [0.15, 0.2) is 18.2 Å². The lowest BCUT2D eigenvalue weighted by atomic mass is 9.98. The maximum Gasteiger partial charge on any atom is 0.159 e. The van der Waals surface area contributed by atoms with Crippen molar-refractivity contribution < 1.29 is 14.3 Å². The molecule has 0 radical (unpaired) electrons. The summed E-state index contributed by atoms with van der Waals surface area (Å²) in [5.74, 6) is -0.278. The average Bonchev–Trinajstić information content (AvgIpc) is 2.38. The van der Waals surface area contributed by atoms with Crippen molar-refractivity contribution in [2.24, 2.45) is 5.92 Å². The molecule has 1 aliphatic heterocycles. The van der Waals surface area contributed by atoms with Crippen LogP contribution in [-0.4, -0.2) is 30.6 Å². The predicted molar refractivity (Wildman–Crippen MR) is 68.4 cm³/mol. The Morgan fingerprint density at radius 1 is 1.56 bits per heavy atom. The number of Topliss-reactive ketones (excluding diaryl/α,β-unsaturated/α-hetero) is 1. The molecule has 0 aromatic heterocycles. The van der Waals surface area contributed by atoms with E-state index in [0.29, 0.717) is 17.8 Å². The number of aliphatic hydroxyl groups is 1. The molecular weight excluding hydrogens is 233 g/mol. The van der Waals surface area contributed by atoms with Crippen LogP contribution in [-0.2, 0) is 0 Å². The fourth-order valence-corrected chi connectivity index (χ4v) is 2.42. The third-order valence-corrected chi connectivity index (χ3v) is 3.47. The van der Waals surface area contributed by atoms with Gasteiger partial charge in [0.2, 0.25) is 0 Å². The summed E-state index contributed by atoms with van der Waals surface area (Å²) in [6.45, 7) is 3.04. The fourth-order valence-electron chi connectivity index (χ4n) is 2.42. The molecule has 1 aliphatic rings. The third kappa shape index (κ3) is 2.70. The van der Waals surface area contributed by atoms with Crippen LogP contribution in [0.3, 0.4) is 0 Å². The van der Waals surface area contributed by atoms with Gasteiger partial charge < -0.3 is 10.0 Å². The summed E-state index contributed by atoms with van der Waals surface area (Å²) in [6.07, 6.45) is 1.94. The van der Waals surface area contributed by atoms with Crippen LogP contribution in [0.2, 0.25) is 0 Å². The summed E-state index contributed by atoms with van der Waals surface area (Å²) in [6, 6.07) is 4.61. The molecule has 3 nitrogen and oxygen atoms in total. The zero-order valence-electron chi connectivity index (χ0n) is 10.5. The monoisotopic (exact) mass is 251 g/mol. The number of ketones is 1. The Kier molecular flexibility index (Phi) is 3.97. The third-order valence-electron chi connectivity index (χ3n) is 3.47. The number of carbonyl (C=O) groups is 1.